The van der Waals surface area contributed by atoms with Crippen molar-refractivity contribution in [1.29, 1.82) is 0 Å². The first-order valence-corrected chi connectivity index (χ1v) is 9.60. The number of methoxy groups -OCH3 is 1. The van der Waals surface area contributed by atoms with Gasteiger partial charge in [-0.2, -0.15) is 0 Å². The number of para-hydroxylation sites is 1. The van der Waals surface area contributed by atoms with Crippen molar-refractivity contribution < 1.29 is 19.1 Å². The Balaban J connectivity index is 1.73. The van der Waals surface area contributed by atoms with E-state index in [0.717, 1.165) is 10.2 Å². The number of benzene rings is 2. The number of ether oxygens (including phenoxy) is 2. The summed E-state index contributed by atoms with van der Waals surface area (Å²) >= 11 is 7.37. The molecule has 0 bridgehead atoms. The third-order valence-electron chi connectivity index (χ3n) is 4.00. The fourth-order valence-corrected chi connectivity index (χ4v) is 3.78. The molecule has 1 aromatic heterocycles. The molecular weight excluding hydrogens is 402 g/mol. The SMILES string of the molecule is CCN(C(=O)COC(=O)c1cc(Cl)c(N)cc1OC)c1nc2ccccc2s1. The van der Waals surface area contributed by atoms with E-state index in [9.17, 15) is 9.59 Å². The van der Waals surface area contributed by atoms with Gasteiger partial charge in [-0.05, 0) is 25.1 Å². The van der Waals surface area contributed by atoms with Gasteiger partial charge in [-0.15, -0.1) is 0 Å². The Morgan fingerprint density at radius 2 is 2.04 bits per heavy atom. The summed E-state index contributed by atoms with van der Waals surface area (Å²) in [6.07, 6.45) is 0. The minimum atomic E-state index is -0.729. The molecule has 0 fully saturated rings. The van der Waals surface area contributed by atoms with E-state index in [-0.39, 0.29) is 27.9 Å². The number of nitrogens with two attached hydrogens (primary N) is 1. The van der Waals surface area contributed by atoms with Gasteiger partial charge in [0.1, 0.15) is 11.3 Å². The lowest BCUT2D eigenvalue weighted by atomic mass is 10.2. The summed E-state index contributed by atoms with van der Waals surface area (Å²) in [7, 11) is 1.40. The monoisotopic (exact) mass is 419 g/mol. The van der Waals surface area contributed by atoms with Crippen LogP contribution in [0.3, 0.4) is 0 Å². The van der Waals surface area contributed by atoms with E-state index >= 15 is 0 Å². The van der Waals surface area contributed by atoms with E-state index in [1.165, 1.54) is 35.5 Å². The molecule has 1 amide bonds. The van der Waals surface area contributed by atoms with Crippen LogP contribution in [0.5, 0.6) is 5.75 Å². The van der Waals surface area contributed by atoms with Crippen molar-refractivity contribution in [3.63, 3.8) is 0 Å². The molecule has 0 saturated carbocycles. The second-order valence-corrected chi connectivity index (χ2v) is 7.17. The van der Waals surface area contributed by atoms with Crippen molar-refractivity contribution in [1.82, 2.24) is 4.98 Å². The molecule has 0 aliphatic heterocycles. The lowest BCUT2D eigenvalue weighted by molar-refractivity contribution is -0.121. The van der Waals surface area contributed by atoms with Crippen molar-refractivity contribution in [3.05, 3.63) is 47.0 Å². The third kappa shape index (κ3) is 4.02. The largest absolute Gasteiger partial charge is 0.496 e. The number of carbonyl (C=O) groups is 2. The van der Waals surface area contributed by atoms with Crippen LogP contribution in [0.1, 0.15) is 17.3 Å². The number of aromatic nitrogens is 1. The van der Waals surface area contributed by atoms with E-state index in [0.29, 0.717) is 11.7 Å². The van der Waals surface area contributed by atoms with E-state index in [1.54, 1.807) is 0 Å². The number of amides is 1. The smallest absolute Gasteiger partial charge is 0.342 e. The summed E-state index contributed by atoms with van der Waals surface area (Å²) in [4.78, 5) is 30.9. The lowest BCUT2D eigenvalue weighted by Crippen LogP contribution is -2.34. The lowest BCUT2D eigenvalue weighted by Gasteiger charge is -2.17. The summed E-state index contributed by atoms with van der Waals surface area (Å²) < 4.78 is 11.3. The molecular formula is C19H18ClN3O4S. The molecule has 0 unspecified atom stereocenters. The molecule has 0 saturated heterocycles. The van der Waals surface area contributed by atoms with Gasteiger partial charge >= 0.3 is 5.97 Å². The zero-order valence-electron chi connectivity index (χ0n) is 15.3. The molecule has 28 heavy (non-hydrogen) atoms. The summed E-state index contributed by atoms with van der Waals surface area (Å²) in [5.74, 6) is -0.888. The maximum atomic E-state index is 12.6. The highest BCUT2D eigenvalue weighted by atomic mass is 35.5. The van der Waals surface area contributed by atoms with Gasteiger partial charge in [0, 0.05) is 12.6 Å². The highest BCUT2D eigenvalue weighted by Crippen LogP contribution is 2.30. The Morgan fingerprint density at radius 3 is 2.71 bits per heavy atom. The summed E-state index contributed by atoms with van der Waals surface area (Å²) in [5, 5.41) is 0.751. The van der Waals surface area contributed by atoms with Crippen LogP contribution in [0.15, 0.2) is 36.4 Å². The number of anilines is 2. The fraction of sp³-hybridized carbons (Fsp3) is 0.211. The van der Waals surface area contributed by atoms with Gasteiger partial charge in [-0.25, -0.2) is 9.78 Å². The molecule has 0 atom stereocenters. The molecule has 3 aromatic rings. The number of hydrogen-bond donors (Lipinski definition) is 1. The number of thiazole rings is 1. The predicted octanol–water partition coefficient (Wildman–Crippen LogP) is 3.75. The first-order valence-electron chi connectivity index (χ1n) is 8.40. The average molecular weight is 420 g/mol. The second-order valence-electron chi connectivity index (χ2n) is 5.75. The Bertz CT molecular complexity index is 1000. The fourth-order valence-electron chi connectivity index (χ4n) is 2.57. The number of likely N-dealkylation sites (N-methyl/N-ethyl adjacent to an activating group) is 1. The predicted molar refractivity (Wildman–Crippen MR) is 110 cm³/mol. The minimum absolute atomic E-state index is 0.0949. The van der Waals surface area contributed by atoms with Crippen molar-refractivity contribution in [3.8, 4) is 5.75 Å². The average Bonchev–Trinajstić information content (AvgIpc) is 3.12. The van der Waals surface area contributed by atoms with Crippen LogP contribution in [-0.2, 0) is 9.53 Å². The molecule has 2 N–H and O–H groups in total. The number of hydrogen-bond acceptors (Lipinski definition) is 7. The molecule has 7 nitrogen and oxygen atoms in total. The summed E-state index contributed by atoms with van der Waals surface area (Å²) in [6.45, 7) is 1.79. The van der Waals surface area contributed by atoms with Gasteiger partial charge in [0.2, 0.25) is 0 Å². The third-order valence-corrected chi connectivity index (χ3v) is 5.38. The first kappa shape index (κ1) is 19.9. The number of fused-ring (bicyclic) bond motifs is 1. The van der Waals surface area contributed by atoms with Crippen molar-refractivity contribution in [2.45, 2.75) is 6.92 Å². The second kappa shape index (κ2) is 8.45. The Hall–Kier alpha value is -2.84. The molecule has 1 heterocycles. The van der Waals surface area contributed by atoms with Gasteiger partial charge in [-0.3, -0.25) is 9.69 Å². The zero-order valence-corrected chi connectivity index (χ0v) is 16.8. The topological polar surface area (TPSA) is 94.8 Å². The molecule has 146 valence electrons. The number of halogens is 1. The van der Waals surface area contributed by atoms with E-state index in [4.69, 9.17) is 26.8 Å². The van der Waals surface area contributed by atoms with Gasteiger partial charge in [0.05, 0.1) is 28.0 Å². The van der Waals surface area contributed by atoms with E-state index in [2.05, 4.69) is 4.98 Å². The Morgan fingerprint density at radius 1 is 1.29 bits per heavy atom. The molecule has 0 aliphatic rings. The first-order chi connectivity index (χ1) is 13.4. The normalized spacial score (nSPS) is 10.7. The highest BCUT2D eigenvalue weighted by Gasteiger charge is 2.22. The number of nitrogen functional groups attached to an aromatic ring is 1. The van der Waals surface area contributed by atoms with E-state index < -0.39 is 12.6 Å². The minimum Gasteiger partial charge on any atom is -0.496 e. The number of rotatable bonds is 6. The van der Waals surface area contributed by atoms with Crippen LogP contribution in [0.4, 0.5) is 10.8 Å². The molecule has 2 aromatic carbocycles. The standard InChI is InChI=1S/C19H18ClN3O4S/c1-3-23(19-22-14-6-4-5-7-16(14)28-19)17(24)10-27-18(25)11-8-12(20)13(21)9-15(11)26-2/h4-9H,3,10,21H2,1-2H3. The maximum absolute atomic E-state index is 12.6. The van der Waals surface area contributed by atoms with Crippen LogP contribution < -0.4 is 15.4 Å². The molecule has 0 aliphatic carbocycles. The molecule has 3 rings (SSSR count). The van der Waals surface area contributed by atoms with Crippen LogP contribution in [0.25, 0.3) is 10.2 Å². The van der Waals surface area contributed by atoms with E-state index in [1.807, 2.05) is 31.2 Å². The van der Waals surface area contributed by atoms with Gasteiger partial charge in [-0.1, -0.05) is 35.1 Å². The summed E-state index contributed by atoms with van der Waals surface area (Å²) in [5.41, 5.74) is 6.89. The zero-order chi connectivity index (χ0) is 20.3. The summed E-state index contributed by atoms with van der Waals surface area (Å²) in [6, 6.07) is 10.4. The van der Waals surface area contributed by atoms with Crippen molar-refractivity contribution in [2.24, 2.45) is 0 Å². The van der Waals surface area contributed by atoms with Gasteiger partial charge in [0.25, 0.3) is 5.91 Å². The van der Waals surface area contributed by atoms with Crippen molar-refractivity contribution in [2.75, 3.05) is 30.9 Å². The van der Waals surface area contributed by atoms with Crippen molar-refractivity contribution >= 4 is 55.8 Å². The number of esters is 1. The van der Waals surface area contributed by atoms with Crippen LogP contribution in [0.2, 0.25) is 5.02 Å². The quantitative estimate of drug-likeness (QED) is 0.483. The number of nitrogens with zero attached hydrogens (tertiary/aromatic N) is 2. The Kier molecular flexibility index (Phi) is 6.01. The van der Waals surface area contributed by atoms with Crippen LogP contribution in [0, 0.1) is 0 Å². The highest BCUT2D eigenvalue weighted by molar-refractivity contribution is 7.22. The molecule has 9 heteroatoms. The molecule has 0 spiro atoms. The van der Waals surface area contributed by atoms with Crippen LogP contribution in [-0.4, -0.2) is 37.1 Å². The Labute approximate surface area is 170 Å². The van der Waals surface area contributed by atoms with Gasteiger partial charge < -0.3 is 15.2 Å². The van der Waals surface area contributed by atoms with Gasteiger partial charge in [0.15, 0.2) is 11.7 Å². The molecule has 0 radical (unpaired) electrons. The van der Waals surface area contributed by atoms with Crippen LogP contribution >= 0.6 is 22.9 Å². The number of carbonyl (C=O) groups excluding carboxylic acids is 2. The maximum Gasteiger partial charge on any atom is 0.342 e.